The summed E-state index contributed by atoms with van der Waals surface area (Å²) < 4.78 is 0. The molecule has 1 aromatic heterocycles. The van der Waals surface area contributed by atoms with Gasteiger partial charge in [0.15, 0.2) is 0 Å². The standard InChI is InChI=1S/C12H17NS/c1-5-6-9(2)10(3)7-12-8-14-11(4)13-12/h5,7-9H,1,6H2,2-4H3/b10-7+. The molecule has 14 heavy (non-hydrogen) atoms. The van der Waals surface area contributed by atoms with Gasteiger partial charge in [0.25, 0.3) is 0 Å². The summed E-state index contributed by atoms with van der Waals surface area (Å²) in [4.78, 5) is 4.41. The molecule has 1 atom stereocenters. The summed E-state index contributed by atoms with van der Waals surface area (Å²) >= 11 is 1.70. The van der Waals surface area contributed by atoms with E-state index in [9.17, 15) is 0 Å². The number of nitrogens with zero attached hydrogens (tertiary/aromatic N) is 1. The average Bonchev–Trinajstić information content (AvgIpc) is 2.51. The van der Waals surface area contributed by atoms with E-state index in [0.29, 0.717) is 5.92 Å². The Bertz CT molecular complexity index is 336. The van der Waals surface area contributed by atoms with E-state index >= 15 is 0 Å². The van der Waals surface area contributed by atoms with Crippen LogP contribution in [-0.2, 0) is 0 Å². The van der Waals surface area contributed by atoms with Gasteiger partial charge in [-0.1, -0.05) is 18.6 Å². The molecular formula is C12H17NS. The maximum Gasteiger partial charge on any atom is 0.0901 e. The van der Waals surface area contributed by atoms with Gasteiger partial charge in [0.2, 0.25) is 0 Å². The molecule has 0 amide bonds. The largest absolute Gasteiger partial charge is 0.242 e. The van der Waals surface area contributed by atoms with Gasteiger partial charge < -0.3 is 0 Å². The Labute approximate surface area is 90.2 Å². The molecule has 1 heterocycles. The van der Waals surface area contributed by atoms with Crippen molar-refractivity contribution in [1.82, 2.24) is 4.98 Å². The van der Waals surface area contributed by atoms with Crippen molar-refractivity contribution in [2.45, 2.75) is 27.2 Å². The van der Waals surface area contributed by atoms with E-state index in [0.717, 1.165) is 17.1 Å². The first-order valence-electron chi connectivity index (χ1n) is 4.84. The van der Waals surface area contributed by atoms with Gasteiger partial charge in [-0.25, -0.2) is 4.98 Å². The minimum atomic E-state index is 0.564. The SMILES string of the molecule is C=CCC(C)/C(C)=C/c1csc(C)n1. The number of hydrogen-bond donors (Lipinski definition) is 0. The van der Waals surface area contributed by atoms with E-state index in [1.807, 2.05) is 13.0 Å². The number of rotatable bonds is 4. The average molecular weight is 207 g/mol. The molecule has 1 rings (SSSR count). The van der Waals surface area contributed by atoms with Crippen LogP contribution in [0.4, 0.5) is 0 Å². The van der Waals surface area contributed by atoms with Crippen molar-refractivity contribution < 1.29 is 0 Å². The zero-order valence-corrected chi connectivity index (χ0v) is 9.90. The van der Waals surface area contributed by atoms with Crippen LogP contribution in [0.25, 0.3) is 6.08 Å². The smallest absolute Gasteiger partial charge is 0.0901 e. The van der Waals surface area contributed by atoms with E-state index in [1.165, 1.54) is 5.57 Å². The summed E-state index contributed by atoms with van der Waals surface area (Å²) in [5, 5.41) is 3.22. The second-order valence-corrected chi connectivity index (χ2v) is 4.67. The second-order valence-electron chi connectivity index (χ2n) is 3.61. The van der Waals surface area contributed by atoms with Crippen LogP contribution in [0.2, 0.25) is 0 Å². The van der Waals surface area contributed by atoms with E-state index < -0.39 is 0 Å². The molecule has 76 valence electrons. The number of allylic oxidation sites excluding steroid dienone is 2. The number of thiazole rings is 1. The fourth-order valence-electron chi connectivity index (χ4n) is 1.26. The van der Waals surface area contributed by atoms with E-state index in [-0.39, 0.29) is 0 Å². The molecule has 0 N–H and O–H groups in total. The summed E-state index contributed by atoms with van der Waals surface area (Å²) in [7, 11) is 0. The normalized spacial score (nSPS) is 14.1. The molecule has 0 radical (unpaired) electrons. The number of aryl methyl sites for hydroxylation is 1. The van der Waals surface area contributed by atoms with Crippen LogP contribution >= 0.6 is 11.3 Å². The van der Waals surface area contributed by atoms with Crippen LogP contribution in [0.3, 0.4) is 0 Å². The summed E-state index contributed by atoms with van der Waals surface area (Å²) in [5.74, 6) is 0.564. The van der Waals surface area contributed by atoms with Gasteiger partial charge in [-0.05, 0) is 32.3 Å². The molecule has 0 fully saturated rings. The van der Waals surface area contributed by atoms with Crippen LogP contribution in [0, 0.1) is 12.8 Å². The Hall–Kier alpha value is -0.890. The Morgan fingerprint density at radius 3 is 2.93 bits per heavy atom. The highest BCUT2D eigenvalue weighted by atomic mass is 32.1. The van der Waals surface area contributed by atoms with Gasteiger partial charge in [0, 0.05) is 5.38 Å². The van der Waals surface area contributed by atoms with Gasteiger partial charge in [0.1, 0.15) is 0 Å². The third kappa shape index (κ3) is 3.11. The minimum Gasteiger partial charge on any atom is -0.242 e. The van der Waals surface area contributed by atoms with Gasteiger partial charge in [-0.15, -0.1) is 17.9 Å². The zero-order chi connectivity index (χ0) is 10.6. The van der Waals surface area contributed by atoms with Gasteiger partial charge in [-0.2, -0.15) is 0 Å². The Morgan fingerprint density at radius 2 is 2.43 bits per heavy atom. The van der Waals surface area contributed by atoms with Gasteiger partial charge in [0.05, 0.1) is 10.7 Å². The molecule has 0 aliphatic heterocycles. The molecule has 1 unspecified atom stereocenters. The molecule has 2 heteroatoms. The quantitative estimate of drug-likeness (QED) is 0.678. The maximum atomic E-state index is 4.41. The summed E-state index contributed by atoms with van der Waals surface area (Å²) in [5.41, 5.74) is 2.45. The van der Waals surface area contributed by atoms with Crippen molar-refractivity contribution >= 4 is 17.4 Å². The third-order valence-electron chi connectivity index (χ3n) is 2.31. The molecular weight excluding hydrogens is 190 g/mol. The van der Waals surface area contributed by atoms with Crippen LogP contribution in [0.5, 0.6) is 0 Å². The number of hydrogen-bond acceptors (Lipinski definition) is 2. The van der Waals surface area contributed by atoms with Crippen molar-refractivity contribution in [2.75, 3.05) is 0 Å². The lowest BCUT2D eigenvalue weighted by Crippen LogP contribution is -1.93. The zero-order valence-electron chi connectivity index (χ0n) is 9.08. The Kier molecular flexibility index (Phi) is 4.08. The van der Waals surface area contributed by atoms with Crippen LogP contribution in [0.1, 0.15) is 31.0 Å². The van der Waals surface area contributed by atoms with E-state index in [1.54, 1.807) is 11.3 Å². The number of aromatic nitrogens is 1. The topological polar surface area (TPSA) is 12.9 Å². The Balaban J connectivity index is 2.72. The van der Waals surface area contributed by atoms with Crippen molar-refractivity contribution in [3.63, 3.8) is 0 Å². The molecule has 0 aliphatic carbocycles. The molecule has 0 aliphatic rings. The molecule has 0 saturated carbocycles. The fraction of sp³-hybridized carbons (Fsp3) is 0.417. The predicted octanol–water partition coefficient (Wildman–Crippen LogP) is 4.07. The summed E-state index contributed by atoms with van der Waals surface area (Å²) in [6, 6.07) is 0. The highest BCUT2D eigenvalue weighted by Crippen LogP contribution is 2.18. The van der Waals surface area contributed by atoms with Crippen LogP contribution in [0.15, 0.2) is 23.6 Å². The van der Waals surface area contributed by atoms with Crippen molar-refractivity contribution in [3.8, 4) is 0 Å². The van der Waals surface area contributed by atoms with E-state index in [2.05, 4.69) is 36.9 Å². The lowest BCUT2D eigenvalue weighted by Gasteiger charge is -2.08. The first kappa shape index (κ1) is 11.2. The van der Waals surface area contributed by atoms with Crippen molar-refractivity contribution in [2.24, 2.45) is 5.92 Å². The van der Waals surface area contributed by atoms with Crippen LogP contribution < -0.4 is 0 Å². The van der Waals surface area contributed by atoms with Gasteiger partial charge in [-0.3, -0.25) is 0 Å². The molecule has 0 aromatic carbocycles. The lowest BCUT2D eigenvalue weighted by atomic mass is 9.98. The minimum absolute atomic E-state index is 0.564. The lowest BCUT2D eigenvalue weighted by molar-refractivity contribution is 0.701. The monoisotopic (exact) mass is 207 g/mol. The maximum absolute atomic E-state index is 4.41. The highest BCUT2D eigenvalue weighted by molar-refractivity contribution is 7.09. The molecule has 0 bridgehead atoms. The Morgan fingerprint density at radius 1 is 1.71 bits per heavy atom. The highest BCUT2D eigenvalue weighted by Gasteiger charge is 2.02. The molecule has 0 saturated heterocycles. The van der Waals surface area contributed by atoms with Crippen molar-refractivity contribution in [1.29, 1.82) is 0 Å². The fourth-order valence-corrected chi connectivity index (χ4v) is 1.83. The third-order valence-corrected chi connectivity index (χ3v) is 3.10. The predicted molar refractivity (Wildman–Crippen MR) is 64.5 cm³/mol. The molecule has 0 spiro atoms. The molecule has 1 aromatic rings. The van der Waals surface area contributed by atoms with Crippen LogP contribution in [-0.4, -0.2) is 4.98 Å². The first-order valence-corrected chi connectivity index (χ1v) is 5.72. The summed E-state index contributed by atoms with van der Waals surface area (Å²) in [6.07, 6.45) is 5.16. The summed E-state index contributed by atoms with van der Waals surface area (Å²) in [6.45, 7) is 10.2. The van der Waals surface area contributed by atoms with Gasteiger partial charge >= 0.3 is 0 Å². The van der Waals surface area contributed by atoms with Crippen molar-refractivity contribution in [3.05, 3.63) is 34.3 Å². The first-order chi connectivity index (χ1) is 6.63. The van der Waals surface area contributed by atoms with E-state index in [4.69, 9.17) is 0 Å². The second kappa shape index (κ2) is 5.11. The molecule has 1 nitrogen and oxygen atoms in total.